The molecule has 160 valence electrons. The molecular weight excluding hydrogens is 408 g/mol. The standard InChI is InChI=1S/C24H26N4O2S/c29-23(25-20-14-8-3-9-15-20)22(19-12-6-2-7-13-19)28(16-18-10-4-1-5-11-18)24(30)21-17-31-27-26-21/h1-2,4-7,10-13,17,20,22H,3,8-9,14-16H2,(H,25,29)/t22-/m0/s1. The lowest BCUT2D eigenvalue weighted by molar-refractivity contribution is -0.127. The second kappa shape index (κ2) is 10.3. The first-order chi connectivity index (χ1) is 15.2. The molecule has 1 atom stereocenters. The van der Waals surface area contributed by atoms with Gasteiger partial charge in [-0.1, -0.05) is 84.4 Å². The third-order valence-electron chi connectivity index (χ3n) is 5.66. The maximum absolute atomic E-state index is 13.6. The van der Waals surface area contributed by atoms with Gasteiger partial charge in [-0.05, 0) is 35.5 Å². The van der Waals surface area contributed by atoms with Crippen molar-refractivity contribution in [1.29, 1.82) is 0 Å². The molecule has 0 aliphatic heterocycles. The lowest BCUT2D eigenvalue weighted by atomic mass is 9.94. The minimum Gasteiger partial charge on any atom is -0.351 e. The number of amides is 2. The van der Waals surface area contributed by atoms with Crippen LogP contribution in [-0.4, -0.2) is 32.3 Å². The van der Waals surface area contributed by atoms with Crippen LogP contribution in [0.25, 0.3) is 0 Å². The van der Waals surface area contributed by atoms with Gasteiger partial charge >= 0.3 is 0 Å². The predicted octanol–water partition coefficient (Wildman–Crippen LogP) is 4.37. The van der Waals surface area contributed by atoms with Gasteiger partial charge in [-0.3, -0.25) is 9.59 Å². The first-order valence-corrected chi connectivity index (χ1v) is 11.5. The Bertz CT molecular complexity index is 973. The molecule has 1 fully saturated rings. The van der Waals surface area contributed by atoms with Crippen LogP contribution in [0, 0.1) is 0 Å². The quantitative estimate of drug-likeness (QED) is 0.599. The zero-order valence-electron chi connectivity index (χ0n) is 17.3. The van der Waals surface area contributed by atoms with E-state index in [0.29, 0.717) is 6.54 Å². The summed E-state index contributed by atoms with van der Waals surface area (Å²) in [5.74, 6) is -0.448. The first kappa shape index (κ1) is 21.2. The fourth-order valence-corrected chi connectivity index (χ4v) is 4.53. The Morgan fingerprint density at radius 1 is 1.00 bits per heavy atom. The minimum atomic E-state index is -0.752. The third-order valence-corrected chi connectivity index (χ3v) is 6.17. The van der Waals surface area contributed by atoms with Gasteiger partial charge in [0, 0.05) is 18.0 Å². The van der Waals surface area contributed by atoms with E-state index in [4.69, 9.17) is 0 Å². The Kier molecular flexibility index (Phi) is 7.04. The van der Waals surface area contributed by atoms with Crippen molar-refractivity contribution >= 4 is 23.3 Å². The topological polar surface area (TPSA) is 75.2 Å². The van der Waals surface area contributed by atoms with E-state index in [0.717, 1.165) is 48.3 Å². The van der Waals surface area contributed by atoms with Crippen LogP contribution in [-0.2, 0) is 11.3 Å². The van der Waals surface area contributed by atoms with Crippen molar-refractivity contribution in [2.24, 2.45) is 0 Å². The van der Waals surface area contributed by atoms with Crippen LogP contribution in [0.4, 0.5) is 0 Å². The fraction of sp³-hybridized carbons (Fsp3) is 0.333. The molecule has 1 aromatic heterocycles. The minimum absolute atomic E-state index is 0.148. The first-order valence-electron chi connectivity index (χ1n) is 10.7. The third kappa shape index (κ3) is 5.35. The van der Waals surface area contributed by atoms with Crippen molar-refractivity contribution < 1.29 is 9.59 Å². The number of aromatic nitrogens is 2. The van der Waals surface area contributed by atoms with Crippen LogP contribution in [0.15, 0.2) is 66.0 Å². The summed E-state index contributed by atoms with van der Waals surface area (Å²) >= 11 is 1.13. The van der Waals surface area contributed by atoms with E-state index in [2.05, 4.69) is 14.9 Å². The van der Waals surface area contributed by atoms with Crippen molar-refractivity contribution in [3.63, 3.8) is 0 Å². The molecule has 0 spiro atoms. The van der Waals surface area contributed by atoms with Crippen LogP contribution < -0.4 is 5.32 Å². The molecule has 1 heterocycles. The monoisotopic (exact) mass is 434 g/mol. The zero-order valence-corrected chi connectivity index (χ0v) is 18.1. The summed E-state index contributed by atoms with van der Waals surface area (Å²) < 4.78 is 3.85. The average Bonchev–Trinajstić information content (AvgIpc) is 3.35. The van der Waals surface area contributed by atoms with Crippen LogP contribution in [0.1, 0.15) is 59.8 Å². The molecule has 31 heavy (non-hydrogen) atoms. The number of nitrogens with zero attached hydrogens (tertiary/aromatic N) is 3. The van der Waals surface area contributed by atoms with E-state index < -0.39 is 6.04 Å². The van der Waals surface area contributed by atoms with E-state index in [1.807, 2.05) is 60.7 Å². The van der Waals surface area contributed by atoms with E-state index >= 15 is 0 Å². The molecule has 6 nitrogen and oxygen atoms in total. The molecule has 0 saturated heterocycles. The summed E-state index contributed by atoms with van der Waals surface area (Å²) in [6, 6.07) is 18.6. The number of carbonyl (C=O) groups excluding carboxylic acids is 2. The summed E-state index contributed by atoms with van der Waals surface area (Å²) in [4.78, 5) is 28.7. The number of hydrogen-bond acceptors (Lipinski definition) is 5. The number of benzene rings is 2. The Morgan fingerprint density at radius 3 is 2.32 bits per heavy atom. The summed E-state index contributed by atoms with van der Waals surface area (Å²) in [5, 5.41) is 8.82. The highest BCUT2D eigenvalue weighted by Crippen LogP contribution is 2.27. The molecule has 1 aliphatic carbocycles. The zero-order chi connectivity index (χ0) is 21.5. The molecular formula is C24H26N4O2S. The van der Waals surface area contributed by atoms with E-state index in [9.17, 15) is 9.59 Å². The molecule has 3 aromatic rings. The molecule has 1 aliphatic rings. The Hall–Kier alpha value is -3.06. The molecule has 1 saturated carbocycles. The summed E-state index contributed by atoms with van der Waals surface area (Å²) in [6.07, 6.45) is 5.42. The smallest absolute Gasteiger partial charge is 0.276 e. The number of hydrogen-bond donors (Lipinski definition) is 1. The number of rotatable bonds is 7. The maximum atomic E-state index is 13.6. The van der Waals surface area contributed by atoms with Gasteiger partial charge in [0.25, 0.3) is 5.91 Å². The summed E-state index contributed by atoms with van der Waals surface area (Å²) in [7, 11) is 0. The molecule has 2 amide bonds. The van der Waals surface area contributed by atoms with Gasteiger partial charge in [0.1, 0.15) is 6.04 Å². The van der Waals surface area contributed by atoms with E-state index in [-0.39, 0.29) is 23.6 Å². The molecule has 7 heteroatoms. The normalized spacial score (nSPS) is 15.2. The molecule has 1 N–H and O–H groups in total. The highest BCUT2D eigenvalue weighted by atomic mass is 32.1. The molecule has 0 bridgehead atoms. The highest BCUT2D eigenvalue weighted by Gasteiger charge is 2.34. The second-order valence-electron chi connectivity index (χ2n) is 7.87. The van der Waals surface area contributed by atoms with Gasteiger partial charge in [-0.2, -0.15) is 0 Å². The van der Waals surface area contributed by atoms with Crippen molar-refractivity contribution in [2.45, 2.75) is 50.7 Å². The van der Waals surface area contributed by atoms with Gasteiger partial charge in [-0.25, -0.2) is 0 Å². The lowest BCUT2D eigenvalue weighted by Gasteiger charge is -2.33. The van der Waals surface area contributed by atoms with Crippen molar-refractivity contribution in [2.75, 3.05) is 0 Å². The van der Waals surface area contributed by atoms with Gasteiger partial charge in [0.15, 0.2) is 5.69 Å². The van der Waals surface area contributed by atoms with Gasteiger partial charge < -0.3 is 10.2 Å². The molecule has 0 unspecified atom stereocenters. The van der Waals surface area contributed by atoms with Crippen LogP contribution >= 0.6 is 11.5 Å². The maximum Gasteiger partial charge on any atom is 0.276 e. The Balaban J connectivity index is 1.69. The SMILES string of the molecule is O=C(NC1CCCCC1)[C@H](c1ccccc1)N(Cc1ccccc1)C(=O)c1csnn1. The highest BCUT2D eigenvalue weighted by molar-refractivity contribution is 7.03. The van der Waals surface area contributed by atoms with Crippen LogP contribution in [0.5, 0.6) is 0 Å². The van der Waals surface area contributed by atoms with Crippen LogP contribution in [0.3, 0.4) is 0 Å². The van der Waals surface area contributed by atoms with Crippen molar-refractivity contribution in [3.8, 4) is 0 Å². The number of nitrogens with one attached hydrogen (secondary N) is 1. The lowest BCUT2D eigenvalue weighted by Crippen LogP contribution is -2.47. The predicted molar refractivity (Wildman–Crippen MR) is 120 cm³/mol. The fourth-order valence-electron chi connectivity index (χ4n) is 4.10. The van der Waals surface area contributed by atoms with E-state index in [1.165, 1.54) is 6.42 Å². The number of carbonyl (C=O) groups is 2. The molecule has 2 aromatic carbocycles. The van der Waals surface area contributed by atoms with Gasteiger partial charge in [0.2, 0.25) is 5.91 Å². The summed E-state index contributed by atoms with van der Waals surface area (Å²) in [5.41, 5.74) is 1.99. The van der Waals surface area contributed by atoms with Gasteiger partial charge in [-0.15, -0.1) is 5.10 Å². The van der Waals surface area contributed by atoms with E-state index in [1.54, 1.807) is 10.3 Å². The largest absolute Gasteiger partial charge is 0.351 e. The molecule has 0 radical (unpaired) electrons. The Morgan fingerprint density at radius 2 is 1.68 bits per heavy atom. The summed E-state index contributed by atoms with van der Waals surface area (Å²) in [6.45, 7) is 0.300. The van der Waals surface area contributed by atoms with Crippen LogP contribution in [0.2, 0.25) is 0 Å². The van der Waals surface area contributed by atoms with Gasteiger partial charge in [0.05, 0.1) is 0 Å². The average molecular weight is 435 g/mol. The van der Waals surface area contributed by atoms with Crippen molar-refractivity contribution in [1.82, 2.24) is 19.8 Å². The Labute approximate surface area is 186 Å². The van der Waals surface area contributed by atoms with Crippen molar-refractivity contribution in [3.05, 3.63) is 82.9 Å². The molecule has 4 rings (SSSR count). The second-order valence-corrected chi connectivity index (χ2v) is 8.48.